The van der Waals surface area contributed by atoms with E-state index in [1.165, 1.54) is 16.3 Å². The minimum atomic E-state index is -0.511. The summed E-state index contributed by atoms with van der Waals surface area (Å²) in [5.41, 5.74) is 1.17. The lowest BCUT2D eigenvalue weighted by Gasteiger charge is -2.38. The van der Waals surface area contributed by atoms with Crippen molar-refractivity contribution in [3.63, 3.8) is 0 Å². The molecule has 30 heavy (non-hydrogen) atoms. The van der Waals surface area contributed by atoms with Gasteiger partial charge in [-0.25, -0.2) is 0 Å². The molecule has 0 bridgehead atoms. The van der Waals surface area contributed by atoms with E-state index in [1.54, 1.807) is 0 Å². The van der Waals surface area contributed by atoms with Crippen LogP contribution in [0.2, 0.25) is 0 Å². The molecule has 2 heterocycles. The molecule has 7 heteroatoms. The Morgan fingerprint density at radius 2 is 1.80 bits per heavy atom. The molecule has 166 valence electrons. The number of nitrogens with zero attached hydrogens (tertiary/aromatic N) is 2. The van der Waals surface area contributed by atoms with Crippen LogP contribution in [0.25, 0.3) is 10.8 Å². The van der Waals surface area contributed by atoms with Gasteiger partial charge in [0.2, 0.25) is 5.91 Å². The number of carbonyl (C=O) groups is 1. The SMILES string of the molecule is CN(CC(=O)N1CC[C@@H](c2ccc3ccccc3c2)[C@H](O)C1)C1CCNCC1.Cl.Cl. The van der Waals surface area contributed by atoms with Crippen molar-refractivity contribution >= 4 is 41.5 Å². The first-order valence-corrected chi connectivity index (χ1v) is 10.5. The molecule has 1 amide bonds. The smallest absolute Gasteiger partial charge is 0.236 e. The number of likely N-dealkylation sites (N-methyl/N-ethyl adjacent to an activating group) is 1. The lowest BCUT2D eigenvalue weighted by molar-refractivity contribution is -0.136. The second-order valence-corrected chi connectivity index (χ2v) is 8.31. The highest BCUT2D eigenvalue weighted by Gasteiger charge is 2.32. The third-order valence-electron chi connectivity index (χ3n) is 6.45. The van der Waals surface area contributed by atoms with Crippen LogP contribution in [-0.2, 0) is 4.79 Å². The first kappa shape index (κ1) is 24.9. The van der Waals surface area contributed by atoms with Gasteiger partial charge in [0, 0.05) is 25.0 Å². The molecule has 5 nitrogen and oxygen atoms in total. The van der Waals surface area contributed by atoms with Crippen molar-refractivity contribution in [3.8, 4) is 0 Å². The van der Waals surface area contributed by atoms with Gasteiger partial charge < -0.3 is 15.3 Å². The molecule has 2 atom stereocenters. The van der Waals surface area contributed by atoms with Gasteiger partial charge >= 0.3 is 0 Å². The van der Waals surface area contributed by atoms with Crippen LogP contribution < -0.4 is 5.32 Å². The molecule has 0 saturated carbocycles. The van der Waals surface area contributed by atoms with Crippen LogP contribution in [-0.4, -0.2) is 72.7 Å². The topological polar surface area (TPSA) is 55.8 Å². The predicted molar refractivity (Wildman–Crippen MR) is 127 cm³/mol. The summed E-state index contributed by atoms with van der Waals surface area (Å²) in [5.74, 6) is 0.229. The molecule has 0 aliphatic carbocycles. The maximum Gasteiger partial charge on any atom is 0.236 e. The monoisotopic (exact) mass is 453 g/mol. The van der Waals surface area contributed by atoms with E-state index < -0.39 is 6.10 Å². The zero-order valence-electron chi connectivity index (χ0n) is 17.5. The Balaban J connectivity index is 0.00000160. The number of hydrogen-bond donors (Lipinski definition) is 2. The summed E-state index contributed by atoms with van der Waals surface area (Å²) in [5, 5.41) is 16.6. The molecule has 2 saturated heterocycles. The molecule has 2 fully saturated rings. The van der Waals surface area contributed by atoms with E-state index in [1.807, 2.05) is 24.1 Å². The quantitative estimate of drug-likeness (QED) is 0.746. The van der Waals surface area contributed by atoms with E-state index in [4.69, 9.17) is 0 Å². The van der Waals surface area contributed by atoms with Crippen molar-refractivity contribution in [1.29, 1.82) is 0 Å². The number of aliphatic hydroxyl groups excluding tert-OH is 1. The first-order valence-electron chi connectivity index (χ1n) is 10.5. The van der Waals surface area contributed by atoms with Crippen LogP contribution in [0.1, 0.15) is 30.7 Å². The Morgan fingerprint density at radius 3 is 2.50 bits per heavy atom. The molecule has 2 aliphatic heterocycles. The normalized spacial score (nSPS) is 22.4. The Bertz CT molecular complexity index is 829. The van der Waals surface area contributed by atoms with Crippen LogP contribution >= 0.6 is 24.8 Å². The van der Waals surface area contributed by atoms with Gasteiger partial charge in [0.25, 0.3) is 0 Å². The average Bonchev–Trinajstić information content (AvgIpc) is 2.74. The molecule has 0 unspecified atom stereocenters. The van der Waals surface area contributed by atoms with Gasteiger partial charge in [0.1, 0.15) is 0 Å². The standard InChI is InChI=1S/C23H31N3O2.2ClH/c1-25(20-8-11-24-12-9-20)16-23(28)26-13-10-21(22(27)15-26)19-7-6-17-4-2-3-5-18(17)14-19;;/h2-7,14,20-22,24,27H,8-13,15-16H2,1H3;2*1H/t21-,22+;;/m0../s1. The van der Waals surface area contributed by atoms with E-state index in [0.29, 0.717) is 25.7 Å². The highest BCUT2D eigenvalue weighted by atomic mass is 35.5. The lowest BCUT2D eigenvalue weighted by Crippen LogP contribution is -2.50. The number of piperidine rings is 2. The maximum atomic E-state index is 12.8. The zero-order valence-corrected chi connectivity index (χ0v) is 19.1. The molecule has 0 radical (unpaired) electrons. The van der Waals surface area contributed by atoms with Gasteiger partial charge in [0.05, 0.1) is 12.6 Å². The van der Waals surface area contributed by atoms with Gasteiger partial charge in [-0.3, -0.25) is 9.69 Å². The summed E-state index contributed by atoms with van der Waals surface area (Å²) in [6.45, 7) is 3.64. The Labute approximate surface area is 191 Å². The van der Waals surface area contributed by atoms with Crippen molar-refractivity contribution in [3.05, 3.63) is 48.0 Å². The summed E-state index contributed by atoms with van der Waals surface area (Å²) in [7, 11) is 2.05. The highest BCUT2D eigenvalue weighted by Crippen LogP contribution is 2.30. The van der Waals surface area contributed by atoms with Gasteiger partial charge in [-0.05, 0) is 55.7 Å². The second-order valence-electron chi connectivity index (χ2n) is 8.31. The zero-order chi connectivity index (χ0) is 19.5. The lowest BCUT2D eigenvalue weighted by atomic mass is 9.86. The number of fused-ring (bicyclic) bond motifs is 1. The number of hydrogen-bond acceptors (Lipinski definition) is 4. The molecule has 4 rings (SSSR count). The number of β-amino-alcohol motifs (C(OH)–C–C–N with tert-alkyl or cyclic N) is 1. The molecular weight excluding hydrogens is 421 g/mol. The second kappa shape index (κ2) is 11.3. The number of aliphatic hydroxyl groups is 1. The van der Waals surface area contributed by atoms with Crippen molar-refractivity contribution in [2.24, 2.45) is 0 Å². The predicted octanol–water partition coefficient (Wildman–Crippen LogP) is 3.04. The molecule has 0 aromatic heterocycles. The van der Waals surface area contributed by atoms with Crippen LogP contribution in [0.15, 0.2) is 42.5 Å². The average molecular weight is 454 g/mol. The largest absolute Gasteiger partial charge is 0.391 e. The fourth-order valence-electron chi connectivity index (χ4n) is 4.68. The summed E-state index contributed by atoms with van der Waals surface area (Å²) in [6, 6.07) is 15.2. The molecule has 2 N–H and O–H groups in total. The Hall–Kier alpha value is -1.37. The number of halogens is 2. The third-order valence-corrected chi connectivity index (χ3v) is 6.45. The van der Waals surface area contributed by atoms with Gasteiger partial charge in [-0.2, -0.15) is 0 Å². The molecule has 0 spiro atoms. The fourth-order valence-corrected chi connectivity index (χ4v) is 4.68. The third kappa shape index (κ3) is 5.65. The van der Waals surface area contributed by atoms with Crippen LogP contribution in [0.4, 0.5) is 0 Å². The van der Waals surface area contributed by atoms with Crippen molar-refractivity contribution in [1.82, 2.24) is 15.1 Å². The van der Waals surface area contributed by atoms with Crippen LogP contribution in [0, 0.1) is 0 Å². The van der Waals surface area contributed by atoms with Crippen LogP contribution in [0.5, 0.6) is 0 Å². The van der Waals surface area contributed by atoms with E-state index in [0.717, 1.165) is 32.4 Å². The van der Waals surface area contributed by atoms with Crippen molar-refractivity contribution in [2.75, 3.05) is 39.8 Å². The van der Waals surface area contributed by atoms with E-state index >= 15 is 0 Å². The minimum Gasteiger partial charge on any atom is -0.391 e. The number of amides is 1. The molecule has 2 aromatic carbocycles. The van der Waals surface area contributed by atoms with E-state index in [9.17, 15) is 9.90 Å². The number of carbonyl (C=O) groups excluding carboxylic acids is 1. The summed E-state index contributed by atoms with van der Waals surface area (Å²) >= 11 is 0. The van der Waals surface area contributed by atoms with E-state index in [-0.39, 0.29) is 36.6 Å². The number of benzene rings is 2. The molecular formula is C23H33Cl2N3O2. The van der Waals surface area contributed by atoms with Crippen LogP contribution in [0.3, 0.4) is 0 Å². The summed E-state index contributed by atoms with van der Waals surface area (Å²) in [6.07, 6.45) is 2.48. The number of rotatable bonds is 4. The first-order chi connectivity index (χ1) is 13.6. The number of nitrogens with one attached hydrogen (secondary N) is 1. The minimum absolute atomic E-state index is 0. The summed E-state index contributed by atoms with van der Waals surface area (Å²) < 4.78 is 0. The van der Waals surface area contributed by atoms with Gasteiger partial charge in [-0.15, -0.1) is 24.8 Å². The number of likely N-dealkylation sites (tertiary alicyclic amines) is 1. The maximum absolute atomic E-state index is 12.8. The van der Waals surface area contributed by atoms with Crippen molar-refractivity contribution < 1.29 is 9.90 Å². The van der Waals surface area contributed by atoms with Crippen molar-refractivity contribution in [2.45, 2.75) is 37.3 Å². The Morgan fingerprint density at radius 1 is 1.10 bits per heavy atom. The fraction of sp³-hybridized carbons (Fsp3) is 0.522. The molecule has 2 aromatic rings. The van der Waals surface area contributed by atoms with Gasteiger partial charge in [-0.1, -0.05) is 42.5 Å². The molecule has 2 aliphatic rings. The summed E-state index contributed by atoms with van der Waals surface area (Å²) in [4.78, 5) is 16.8. The van der Waals surface area contributed by atoms with E-state index in [2.05, 4.69) is 40.5 Å². The van der Waals surface area contributed by atoms with Gasteiger partial charge in [0.15, 0.2) is 0 Å². The Kier molecular flexibility index (Phi) is 9.38. The highest BCUT2D eigenvalue weighted by molar-refractivity contribution is 5.85.